The Morgan fingerprint density at radius 1 is 0.638 bits per heavy atom. The summed E-state index contributed by atoms with van der Waals surface area (Å²) >= 11 is 0. The van der Waals surface area contributed by atoms with Crippen LogP contribution in [0.2, 0.25) is 0 Å². The Morgan fingerprint density at radius 2 is 1.38 bits per heavy atom. The zero-order valence-corrected chi connectivity index (χ0v) is 26.7. The van der Waals surface area contributed by atoms with E-state index in [1.165, 1.54) is 12.3 Å². The molecule has 8 rings (SSSR count). The number of furan rings is 1. The Bertz CT molecular complexity index is 2790. The molecule has 0 atom stereocenters. The summed E-state index contributed by atoms with van der Waals surface area (Å²) in [5, 5.41) is 5.84. The molecule has 0 saturated carbocycles. The fraction of sp³-hybridized carbons (Fsp3) is 0.182. The summed E-state index contributed by atoms with van der Waals surface area (Å²) in [7, 11) is 0. The summed E-state index contributed by atoms with van der Waals surface area (Å²) in [5.41, 5.74) is 5.23. The molecule has 0 aliphatic heterocycles. The van der Waals surface area contributed by atoms with E-state index in [-0.39, 0.29) is 17.0 Å². The summed E-state index contributed by atoms with van der Waals surface area (Å²) in [5.74, 6) is -2.42. The number of fused-ring (bicyclic) bond motifs is 6. The van der Waals surface area contributed by atoms with E-state index in [0.29, 0.717) is 49.9 Å². The molecule has 8 aromatic rings. The maximum absolute atomic E-state index is 9.44. The van der Waals surface area contributed by atoms with Gasteiger partial charge in [0, 0.05) is 39.2 Å². The van der Waals surface area contributed by atoms with Gasteiger partial charge in [-0.3, -0.25) is 4.98 Å². The minimum absolute atomic E-state index is 0.00153. The first-order valence-electron chi connectivity index (χ1n) is 19.7. The maximum Gasteiger partial charge on any atom is 0.227 e. The Morgan fingerprint density at radius 3 is 2.17 bits per heavy atom. The van der Waals surface area contributed by atoms with Crippen LogP contribution in [0.4, 0.5) is 0 Å². The van der Waals surface area contributed by atoms with Crippen LogP contribution in [-0.4, -0.2) is 9.97 Å². The van der Waals surface area contributed by atoms with Gasteiger partial charge in [-0.2, -0.15) is 0 Å². The number of aryl methyl sites for hydroxylation is 2. The summed E-state index contributed by atoms with van der Waals surface area (Å²) in [6.45, 7) is 2.11. The topological polar surface area (TPSA) is 38.9 Å². The van der Waals surface area contributed by atoms with Crippen LogP contribution >= 0.6 is 0 Å². The van der Waals surface area contributed by atoms with E-state index in [1.807, 2.05) is 42.5 Å². The SMILES string of the molecule is [2H]C([2H])([2H])c1ccc2c(n1)oc1c(-c3cc(-c4c(C([2H])(C)C)cc(-c5ccc6c(ccc7ccccc76)c5)cc4C([2H])(C)C)c(C([2H])([2H])[2H])cn3)cccc12. The number of para-hydroxylation sites is 1. The highest BCUT2D eigenvalue weighted by molar-refractivity contribution is 6.09. The van der Waals surface area contributed by atoms with Crippen LogP contribution in [0.1, 0.15) is 72.8 Å². The second-order valence-corrected chi connectivity index (χ2v) is 12.6. The minimum atomic E-state index is -2.57. The standard InChI is InChI=1S/C44H38N2O/c1-25(2)38-21-32(30-17-19-34-31(20-30)16-15-29-10-7-8-11-33(29)34)22-39(26(3)4)42(38)40-23-41(45-24-27(40)5)37-13-9-12-35-36-18-14-28(6)46-44(36)47-43(35)37/h7-26H,1-6H3/i5D3,6D3,25D,26D. The van der Waals surface area contributed by atoms with Crippen molar-refractivity contribution < 1.29 is 15.4 Å². The Hall–Kier alpha value is -5.28. The van der Waals surface area contributed by atoms with Crippen LogP contribution in [0.3, 0.4) is 0 Å². The molecular formula is C44H38N2O. The molecule has 0 fully saturated rings. The van der Waals surface area contributed by atoms with E-state index in [0.717, 1.165) is 32.7 Å². The van der Waals surface area contributed by atoms with Crippen LogP contribution in [0.25, 0.3) is 77.1 Å². The molecule has 3 nitrogen and oxygen atoms in total. The third-order valence-corrected chi connectivity index (χ3v) is 9.11. The average molecular weight is 619 g/mol. The number of hydrogen-bond acceptors (Lipinski definition) is 3. The number of hydrogen-bond donors (Lipinski definition) is 0. The van der Waals surface area contributed by atoms with Gasteiger partial charge in [-0.15, -0.1) is 0 Å². The Labute approximate surface area is 287 Å². The van der Waals surface area contributed by atoms with E-state index in [1.54, 1.807) is 39.8 Å². The van der Waals surface area contributed by atoms with Gasteiger partial charge >= 0.3 is 0 Å². The molecule has 0 N–H and O–H groups in total. The molecule has 5 aromatic carbocycles. The molecular weight excluding hydrogens is 572 g/mol. The number of rotatable bonds is 5. The highest BCUT2D eigenvalue weighted by Gasteiger charge is 2.22. The zero-order valence-electron chi connectivity index (χ0n) is 34.7. The lowest BCUT2D eigenvalue weighted by Crippen LogP contribution is -2.03. The maximum atomic E-state index is 9.44. The molecule has 3 aromatic heterocycles. The second-order valence-electron chi connectivity index (χ2n) is 12.6. The number of benzene rings is 5. The molecule has 0 bridgehead atoms. The first kappa shape index (κ1) is 21.5. The number of aromatic nitrogens is 2. The van der Waals surface area contributed by atoms with Crippen molar-refractivity contribution in [3.8, 4) is 33.5 Å². The molecule has 3 heteroatoms. The zero-order chi connectivity index (χ0) is 39.2. The monoisotopic (exact) mass is 618 g/mol. The third kappa shape index (κ3) is 4.89. The van der Waals surface area contributed by atoms with Crippen LogP contribution in [-0.2, 0) is 0 Å². The fourth-order valence-electron chi connectivity index (χ4n) is 6.77. The van der Waals surface area contributed by atoms with E-state index in [4.69, 9.17) is 12.6 Å². The summed E-state index contributed by atoms with van der Waals surface area (Å²) < 4.78 is 74.4. The molecule has 0 amide bonds. The van der Waals surface area contributed by atoms with Crippen LogP contribution in [0.5, 0.6) is 0 Å². The molecule has 0 spiro atoms. The third-order valence-electron chi connectivity index (χ3n) is 9.11. The lowest BCUT2D eigenvalue weighted by molar-refractivity contribution is 0.653. The van der Waals surface area contributed by atoms with Gasteiger partial charge in [0.15, 0.2) is 0 Å². The van der Waals surface area contributed by atoms with Crippen molar-refractivity contribution in [2.45, 2.75) is 53.2 Å². The molecule has 0 unspecified atom stereocenters. The van der Waals surface area contributed by atoms with Crippen molar-refractivity contribution in [2.24, 2.45) is 0 Å². The summed E-state index contributed by atoms with van der Waals surface area (Å²) in [6.07, 6.45) is 1.35. The predicted molar refractivity (Wildman–Crippen MR) is 198 cm³/mol. The van der Waals surface area contributed by atoms with Crippen molar-refractivity contribution in [3.63, 3.8) is 0 Å². The molecule has 0 aliphatic carbocycles. The van der Waals surface area contributed by atoms with E-state index < -0.39 is 25.5 Å². The van der Waals surface area contributed by atoms with E-state index >= 15 is 0 Å². The number of pyridine rings is 2. The van der Waals surface area contributed by atoms with Crippen molar-refractivity contribution in [1.29, 1.82) is 0 Å². The number of nitrogens with zero attached hydrogens (tertiary/aromatic N) is 2. The summed E-state index contributed by atoms with van der Waals surface area (Å²) in [6, 6.07) is 33.0. The lowest BCUT2D eigenvalue weighted by atomic mass is 9.81. The smallest absolute Gasteiger partial charge is 0.227 e. The van der Waals surface area contributed by atoms with Crippen molar-refractivity contribution in [3.05, 3.63) is 132 Å². The molecule has 47 heavy (non-hydrogen) atoms. The van der Waals surface area contributed by atoms with Gasteiger partial charge in [-0.05, 0) is 116 Å². The van der Waals surface area contributed by atoms with Gasteiger partial charge in [0.2, 0.25) is 5.71 Å². The lowest BCUT2D eigenvalue weighted by Gasteiger charge is -2.24. The predicted octanol–water partition coefficient (Wildman–Crippen LogP) is 12.5. The molecule has 230 valence electrons. The van der Waals surface area contributed by atoms with Crippen LogP contribution in [0.15, 0.2) is 114 Å². The first-order valence-corrected chi connectivity index (χ1v) is 15.7. The average Bonchev–Trinajstić information content (AvgIpc) is 3.50. The normalized spacial score (nSPS) is 15.5. The molecule has 3 heterocycles. The highest BCUT2D eigenvalue weighted by atomic mass is 16.3. The largest absolute Gasteiger partial charge is 0.437 e. The highest BCUT2D eigenvalue weighted by Crippen LogP contribution is 2.43. The minimum Gasteiger partial charge on any atom is -0.437 e. The van der Waals surface area contributed by atoms with E-state index in [2.05, 4.69) is 52.4 Å². The quantitative estimate of drug-likeness (QED) is 0.180. The van der Waals surface area contributed by atoms with Gasteiger partial charge in [0.1, 0.15) is 5.58 Å². The molecule has 0 aliphatic rings. The van der Waals surface area contributed by atoms with Gasteiger partial charge in [-0.1, -0.05) is 100 Å². The molecule has 0 saturated heterocycles. The Balaban J connectivity index is 1.38. The summed E-state index contributed by atoms with van der Waals surface area (Å²) in [4.78, 5) is 8.96. The van der Waals surface area contributed by atoms with E-state index in [9.17, 15) is 2.74 Å². The van der Waals surface area contributed by atoms with Crippen LogP contribution < -0.4 is 0 Å². The van der Waals surface area contributed by atoms with Gasteiger partial charge in [-0.25, -0.2) is 4.98 Å². The van der Waals surface area contributed by atoms with Gasteiger partial charge in [0.25, 0.3) is 0 Å². The van der Waals surface area contributed by atoms with Crippen LogP contribution in [0, 0.1) is 13.7 Å². The van der Waals surface area contributed by atoms with Crippen molar-refractivity contribution in [1.82, 2.24) is 9.97 Å². The Kier molecular flexibility index (Phi) is 5.13. The fourth-order valence-corrected chi connectivity index (χ4v) is 6.77. The van der Waals surface area contributed by atoms with Crippen molar-refractivity contribution in [2.75, 3.05) is 0 Å². The van der Waals surface area contributed by atoms with Crippen molar-refractivity contribution >= 4 is 43.6 Å². The first-order chi connectivity index (χ1) is 25.8. The van der Waals surface area contributed by atoms with Gasteiger partial charge in [0.05, 0.1) is 5.69 Å². The second kappa shape index (κ2) is 11.2. The molecule has 0 radical (unpaired) electrons. The van der Waals surface area contributed by atoms with Gasteiger partial charge < -0.3 is 4.42 Å².